The molecule has 0 fully saturated rings. The Morgan fingerprint density at radius 2 is 1.20 bits per heavy atom. The SMILES string of the molecule is CCCCCCc1cc(O)cc(O)c1.CN.CN.CN. The number of unbranched alkanes of at least 4 members (excludes halogenated alkanes) is 3. The summed E-state index contributed by atoms with van der Waals surface area (Å²) < 4.78 is 0. The second-order valence-corrected chi connectivity index (χ2v) is 3.67. The normalized spacial score (nSPS) is 8.15. The maximum atomic E-state index is 9.24. The highest BCUT2D eigenvalue weighted by molar-refractivity contribution is 5.36. The summed E-state index contributed by atoms with van der Waals surface area (Å²) in [5.41, 5.74) is 14.5. The quantitative estimate of drug-likeness (QED) is 0.530. The highest BCUT2D eigenvalue weighted by Gasteiger charge is 1.98. The molecule has 0 heterocycles. The molecule has 5 heteroatoms. The van der Waals surface area contributed by atoms with Gasteiger partial charge in [-0.1, -0.05) is 26.2 Å². The van der Waals surface area contributed by atoms with Crippen LogP contribution in [0.25, 0.3) is 0 Å². The van der Waals surface area contributed by atoms with Gasteiger partial charge in [-0.3, -0.25) is 0 Å². The van der Waals surface area contributed by atoms with E-state index in [2.05, 4.69) is 24.1 Å². The van der Waals surface area contributed by atoms with Gasteiger partial charge in [0.1, 0.15) is 11.5 Å². The molecular weight excluding hydrogens is 254 g/mol. The minimum atomic E-state index is 0.149. The Kier molecular flexibility index (Phi) is 23.8. The number of phenols is 2. The molecule has 0 unspecified atom stereocenters. The molecule has 1 aromatic rings. The lowest BCUT2D eigenvalue weighted by molar-refractivity contribution is 0.449. The molecule has 0 spiro atoms. The van der Waals surface area contributed by atoms with Gasteiger partial charge in [0, 0.05) is 6.07 Å². The molecule has 20 heavy (non-hydrogen) atoms. The first kappa shape index (κ1) is 23.8. The second kappa shape index (κ2) is 20.0. The first-order chi connectivity index (χ1) is 9.72. The standard InChI is InChI=1S/C12H18O2.3CH5N/c1-2-3-4-5-6-10-7-11(13)9-12(14)8-10;3*1-2/h7-9,13-14H,2-6H2,1H3;3*2H2,1H3. The van der Waals surface area contributed by atoms with Crippen molar-refractivity contribution < 1.29 is 10.2 Å². The van der Waals surface area contributed by atoms with E-state index in [1.807, 2.05) is 0 Å². The summed E-state index contributed by atoms with van der Waals surface area (Å²) in [5.74, 6) is 0.297. The Labute approximate surface area is 123 Å². The molecule has 0 bridgehead atoms. The first-order valence-electron chi connectivity index (χ1n) is 6.97. The van der Waals surface area contributed by atoms with Crippen molar-refractivity contribution in [1.29, 1.82) is 0 Å². The molecule has 8 N–H and O–H groups in total. The summed E-state index contributed by atoms with van der Waals surface area (Å²) in [6.45, 7) is 2.18. The highest BCUT2D eigenvalue weighted by atomic mass is 16.3. The molecule has 0 aromatic heterocycles. The third-order valence-electron chi connectivity index (χ3n) is 2.28. The molecule has 0 atom stereocenters. The van der Waals surface area contributed by atoms with Crippen molar-refractivity contribution in [1.82, 2.24) is 0 Å². The van der Waals surface area contributed by atoms with Crippen LogP contribution in [0, 0.1) is 0 Å². The van der Waals surface area contributed by atoms with E-state index in [9.17, 15) is 10.2 Å². The summed E-state index contributed by atoms with van der Waals surface area (Å²) in [7, 11) is 4.50. The monoisotopic (exact) mass is 287 g/mol. The van der Waals surface area contributed by atoms with Crippen molar-refractivity contribution in [2.24, 2.45) is 17.2 Å². The lowest BCUT2D eigenvalue weighted by Crippen LogP contribution is -1.85. The van der Waals surface area contributed by atoms with Crippen molar-refractivity contribution in [3.63, 3.8) is 0 Å². The fourth-order valence-electron chi connectivity index (χ4n) is 1.56. The van der Waals surface area contributed by atoms with Crippen LogP contribution in [0.5, 0.6) is 11.5 Å². The van der Waals surface area contributed by atoms with E-state index in [1.54, 1.807) is 12.1 Å². The van der Waals surface area contributed by atoms with Crippen LogP contribution in [0.2, 0.25) is 0 Å². The summed E-state index contributed by atoms with van der Waals surface area (Å²) in [5, 5.41) is 18.5. The van der Waals surface area contributed by atoms with Gasteiger partial charge in [0.05, 0.1) is 0 Å². The maximum absolute atomic E-state index is 9.24. The topological polar surface area (TPSA) is 119 Å². The van der Waals surface area contributed by atoms with E-state index in [4.69, 9.17) is 0 Å². The van der Waals surface area contributed by atoms with Crippen LogP contribution in [0.1, 0.15) is 38.2 Å². The predicted octanol–water partition coefficient (Wildman–Crippen LogP) is 1.95. The summed E-state index contributed by atoms with van der Waals surface area (Å²) in [6, 6.07) is 4.78. The van der Waals surface area contributed by atoms with Crippen molar-refractivity contribution in [3.05, 3.63) is 23.8 Å². The van der Waals surface area contributed by atoms with Crippen LogP contribution in [0.3, 0.4) is 0 Å². The zero-order chi connectivity index (χ0) is 16.4. The molecule has 120 valence electrons. The number of phenolic OH excluding ortho intramolecular Hbond substituents is 2. The summed E-state index contributed by atoms with van der Waals surface area (Å²) in [4.78, 5) is 0. The number of aromatic hydroxyl groups is 2. The third-order valence-corrected chi connectivity index (χ3v) is 2.28. The van der Waals surface area contributed by atoms with Crippen molar-refractivity contribution >= 4 is 0 Å². The molecule has 0 aliphatic heterocycles. The van der Waals surface area contributed by atoms with Crippen molar-refractivity contribution in [2.75, 3.05) is 21.1 Å². The minimum absolute atomic E-state index is 0.149. The lowest BCUT2D eigenvalue weighted by atomic mass is 10.1. The predicted molar refractivity (Wildman–Crippen MR) is 88.0 cm³/mol. The van der Waals surface area contributed by atoms with Crippen LogP contribution >= 0.6 is 0 Å². The molecule has 1 aromatic carbocycles. The molecule has 0 amide bonds. The summed E-state index contributed by atoms with van der Waals surface area (Å²) >= 11 is 0. The average molecular weight is 287 g/mol. The molecule has 5 nitrogen and oxygen atoms in total. The van der Waals surface area contributed by atoms with Gasteiger partial charge in [-0.05, 0) is 51.7 Å². The van der Waals surface area contributed by atoms with Gasteiger partial charge < -0.3 is 27.4 Å². The molecular formula is C15H33N3O2. The summed E-state index contributed by atoms with van der Waals surface area (Å²) in [6.07, 6.45) is 5.75. The molecule has 0 radical (unpaired) electrons. The Morgan fingerprint density at radius 1 is 0.750 bits per heavy atom. The van der Waals surface area contributed by atoms with E-state index >= 15 is 0 Å². The average Bonchev–Trinajstić information content (AvgIpc) is 2.49. The zero-order valence-corrected chi connectivity index (χ0v) is 13.4. The number of rotatable bonds is 5. The first-order valence-corrected chi connectivity index (χ1v) is 6.97. The largest absolute Gasteiger partial charge is 0.508 e. The van der Waals surface area contributed by atoms with Crippen molar-refractivity contribution in [2.45, 2.75) is 39.0 Å². The van der Waals surface area contributed by atoms with Crippen LogP contribution in [-0.2, 0) is 6.42 Å². The van der Waals surface area contributed by atoms with Gasteiger partial charge >= 0.3 is 0 Å². The van der Waals surface area contributed by atoms with Gasteiger partial charge in [-0.25, -0.2) is 0 Å². The number of nitrogens with two attached hydrogens (primary N) is 3. The Balaban J connectivity index is -0.000000425. The number of hydrogen-bond donors (Lipinski definition) is 5. The van der Waals surface area contributed by atoms with Crippen LogP contribution in [-0.4, -0.2) is 31.4 Å². The van der Waals surface area contributed by atoms with E-state index in [-0.39, 0.29) is 11.5 Å². The Morgan fingerprint density at radius 3 is 1.60 bits per heavy atom. The number of aryl methyl sites for hydroxylation is 1. The second-order valence-electron chi connectivity index (χ2n) is 3.67. The molecule has 0 saturated heterocycles. The number of benzene rings is 1. The molecule has 0 saturated carbocycles. The van der Waals surface area contributed by atoms with Crippen LogP contribution < -0.4 is 17.2 Å². The molecule has 1 rings (SSSR count). The van der Waals surface area contributed by atoms with E-state index in [0.29, 0.717) is 0 Å². The highest BCUT2D eigenvalue weighted by Crippen LogP contribution is 2.21. The Bertz CT molecular complexity index is 274. The van der Waals surface area contributed by atoms with Gasteiger partial charge in [0.25, 0.3) is 0 Å². The third kappa shape index (κ3) is 14.8. The van der Waals surface area contributed by atoms with Gasteiger partial charge in [-0.2, -0.15) is 0 Å². The fourth-order valence-corrected chi connectivity index (χ4v) is 1.56. The smallest absolute Gasteiger partial charge is 0.119 e. The molecule has 0 aliphatic carbocycles. The van der Waals surface area contributed by atoms with Gasteiger partial charge in [-0.15, -0.1) is 0 Å². The maximum Gasteiger partial charge on any atom is 0.119 e. The Hall–Kier alpha value is -1.30. The van der Waals surface area contributed by atoms with Gasteiger partial charge in [0.2, 0.25) is 0 Å². The lowest BCUT2D eigenvalue weighted by Gasteiger charge is -2.03. The van der Waals surface area contributed by atoms with Crippen molar-refractivity contribution in [3.8, 4) is 11.5 Å². The number of hydrogen-bond acceptors (Lipinski definition) is 5. The van der Waals surface area contributed by atoms with E-state index in [1.165, 1.54) is 46.5 Å². The van der Waals surface area contributed by atoms with E-state index in [0.717, 1.165) is 18.4 Å². The fraction of sp³-hybridized carbons (Fsp3) is 0.600. The van der Waals surface area contributed by atoms with Crippen LogP contribution in [0.4, 0.5) is 0 Å². The van der Waals surface area contributed by atoms with Gasteiger partial charge in [0.15, 0.2) is 0 Å². The molecule has 0 aliphatic rings. The van der Waals surface area contributed by atoms with Crippen LogP contribution in [0.15, 0.2) is 18.2 Å². The van der Waals surface area contributed by atoms with E-state index < -0.39 is 0 Å². The minimum Gasteiger partial charge on any atom is -0.508 e. The zero-order valence-electron chi connectivity index (χ0n) is 13.4.